The van der Waals surface area contributed by atoms with Crippen LogP contribution in [0.25, 0.3) is 0 Å². The molecule has 3 nitrogen and oxygen atoms in total. The SMILES string of the molecule is Cc1ccc(CNC(=O)Nc2ccc(F)cc2F)cc1. The van der Waals surface area contributed by atoms with Gasteiger partial charge >= 0.3 is 6.03 Å². The molecule has 0 unspecified atom stereocenters. The Bertz CT molecular complexity index is 612. The van der Waals surface area contributed by atoms with E-state index < -0.39 is 17.7 Å². The van der Waals surface area contributed by atoms with Gasteiger partial charge in [0.2, 0.25) is 0 Å². The summed E-state index contributed by atoms with van der Waals surface area (Å²) in [7, 11) is 0. The van der Waals surface area contributed by atoms with Crippen molar-refractivity contribution in [3.8, 4) is 0 Å². The van der Waals surface area contributed by atoms with Crippen molar-refractivity contribution in [3.63, 3.8) is 0 Å². The number of halogens is 2. The lowest BCUT2D eigenvalue weighted by Gasteiger charge is -2.08. The summed E-state index contributed by atoms with van der Waals surface area (Å²) in [5.41, 5.74) is 2.00. The summed E-state index contributed by atoms with van der Waals surface area (Å²) >= 11 is 0. The molecule has 20 heavy (non-hydrogen) atoms. The second kappa shape index (κ2) is 6.14. The van der Waals surface area contributed by atoms with Gasteiger partial charge in [0.05, 0.1) is 5.69 Å². The molecule has 0 aliphatic heterocycles. The minimum atomic E-state index is -0.810. The Morgan fingerprint density at radius 2 is 1.80 bits per heavy atom. The van der Waals surface area contributed by atoms with Gasteiger partial charge in [-0.15, -0.1) is 0 Å². The number of hydrogen-bond acceptors (Lipinski definition) is 1. The first kappa shape index (κ1) is 14.0. The Labute approximate surface area is 115 Å². The number of carbonyl (C=O) groups is 1. The van der Waals surface area contributed by atoms with Crippen LogP contribution in [0.3, 0.4) is 0 Å². The van der Waals surface area contributed by atoms with E-state index in [9.17, 15) is 13.6 Å². The van der Waals surface area contributed by atoms with E-state index in [1.807, 2.05) is 31.2 Å². The molecular formula is C15H14F2N2O. The Kier molecular flexibility index (Phi) is 4.30. The monoisotopic (exact) mass is 276 g/mol. The van der Waals surface area contributed by atoms with Gasteiger partial charge in [0.25, 0.3) is 0 Å². The summed E-state index contributed by atoms with van der Waals surface area (Å²) in [6.45, 7) is 2.30. The topological polar surface area (TPSA) is 41.1 Å². The van der Waals surface area contributed by atoms with Gasteiger partial charge in [-0.25, -0.2) is 13.6 Å². The molecule has 0 aromatic heterocycles. The number of rotatable bonds is 3. The average Bonchev–Trinajstić information content (AvgIpc) is 2.41. The number of amides is 2. The first-order valence-electron chi connectivity index (χ1n) is 6.10. The fourth-order valence-electron chi connectivity index (χ4n) is 1.65. The summed E-state index contributed by atoms with van der Waals surface area (Å²) in [4.78, 5) is 11.6. The molecule has 0 atom stereocenters. The molecule has 2 aromatic carbocycles. The quantitative estimate of drug-likeness (QED) is 0.883. The van der Waals surface area contributed by atoms with Gasteiger partial charge in [-0.2, -0.15) is 0 Å². The van der Waals surface area contributed by atoms with E-state index >= 15 is 0 Å². The molecule has 104 valence electrons. The molecule has 2 amide bonds. The van der Waals surface area contributed by atoms with Crippen molar-refractivity contribution in [2.45, 2.75) is 13.5 Å². The van der Waals surface area contributed by atoms with Crippen molar-refractivity contribution in [1.82, 2.24) is 5.32 Å². The molecule has 0 heterocycles. The lowest BCUT2D eigenvalue weighted by atomic mass is 10.1. The zero-order valence-electron chi connectivity index (χ0n) is 10.9. The molecule has 5 heteroatoms. The maximum absolute atomic E-state index is 13.3. The van der Waals surface area contributed by atoms with Gasteiger partial charge in [-0.3, -0.25) is 0 Å². The lowest BCUT2D eigenvalue weighted by Crippen LogP contribution is -2.28. The fraction of sp³-hybridized carbons (Fsp3) is 0.133. The van der Waals surface area contributed by atoms with E-state index in [0.717, 1.165) is 23.3 Å². The highest BCUT2D eigenvalue weighted by Gasteiger charge is 2.07. The minimum Gasteiger partial charge on any atom is -0.334 e. The summed E-state index contributed by atoms with van der Waals surface area (Å²) in [6.07, 6.45) is 0. The summed E-state index contributed by atoms with van der Waals surface area (Å²) in [6, 6.07) is 10.1. The predicted octanol–water partition coefficient (Wildman–Crippen LogP) is 3.59. The highest BCUT2D eigenvalue weighted by atomic mass is 19.1. The van der Waals surface area contributed by atoms with Crippen molar-refractivity contribution >= 4 is 11.7 Å². The van der Waals surface area contributed by atoms with Crippen molar-refractivity contribution in [1.29, 1.82) is 0 Å². The number of hydrogen-bond donors (Lipinski definition) is 2. The maximum atomic E-state index is 13.3. The van der Waals surface area contributed by atoms with Gasteiger partial charge in [-0.05, 0) is 24.6 Å². The second-order valence-corrected chi connectivity index (χ2v) is 4.42. The highest BCUT2D eigenvalue weighted by molar-refractivity contribution is 5.89. The zero-order chi connectivity index (χ0) is 14.5. The van der Waals surface area contributed by atoms with Gasteiger partial charge in [-0.1, -0.05) is 29.8 Å². The number of nitrogens with one attached hydrogen (secondary N) is 2. The van der Waals surface area contributed by atoms with E-state index in [1.165, 1.54) is 6.07 Å². The van der Waals surface area contributed by atoms with Crippen molar-refractivity contribution in [2.75, 3.05) is 5.32 Å². The molecule has 2 aromatic rings. The van der Waals surface area contributed by atoms with Crippen LogP contribution in [0.2, 0.25) is 0 Å². The molecule has 0 saturated carbocycles. The van der Waals surface area contributed by atoms with Crippen LogP contribution < -0.4 is 10.6 Å². The van der Waals surface area contributed by atoms with Crippen LogP contribution in [0.1, 0.15) is 11.1 Å². The lowest BCUT2D eigenvalue weighted by molar-refractivity contribution is 0.251. The van der Waals surface area contributed by atoms with Crippen LogP contribution >= 0.6 is 0 Å². The van der Waals surface area contributed by atoms with Crippen molar-refractivity contribution in [2.24, 2.45) is 0 Å². The van der Waals surface area contributed by atoms with E-state index in [4.69, 9.17) is 0 Å². The largest absolute Gasteiger partial charge is 0.334 e. The maximum Gasteiger partial charge on any atom is 0.319 e. The standard InChI is InChI=1S/C15H14F2N2O/c1-10-2-4-11(5-3-10)9-18-15(20)19-14-7-6-12(16)8-13(14)17/h2-8H,9H2,1H3,(H2,18,19,20). The Balaban J connectivity index is 1.90. The molecule has 0 radical (unpaired) electrons. The molecular weight excluding hydrogens is 262 g/mol. The number of carbonyl (C=O) groups excluding carboxylic acids is 1. The highest BCUT2D eigenvalue weighted by Crippen LogP contribution is 2.14. The van der Waals surface area contributed by atoms with E-state index in [0.29, 0.717) is 6.54 Å². The van der Waals surface area contributed by atoms with Crippen LogP contribution in [0, 0.1) is 18.6 Å². The number of urea groups is 1. The smallest absolute Gasteiger partial charge is 0.319 e. The van der Waals surface area contributed by atoms with E-state index in [2.05, 4.69) is 10.6 Å². The number of benzene rings is 2. The number of anilines is 1. The van der Waals surface area contributed by atoms with E-state index in [1.54, 1.807) is 0 Å². The van der Waals surface area contributed by atoms with Gasteiger partial charge in [0, 0.05) is 12.6 Å². The molecule has 2 N–H and O–H groups in total. The molecule has 2 rings (SSSR count). The third-order valence-electron chi connectivity index (χ3n) is 2.75. The summed E-state index contributed by atoms with van der Waals surface area (Å²) in [5, 5.41) is 4.93. The van der Waals surface area contributed by atoms with Gasteiger partial charge in [0.1, 0.15) is 11.6 Å². The predicted molar refractivity (Wildman–Crippen MR) is 73.4 cm³/mol. The number of aryl methyl sites for hydroxylation is 1. The minimum absolute atomic E-state index is 0.0622. The van der Waals surface area contributed by atoms with E-state index in [-0.39, 0.29) is 5.69 Å². The molecule has 0 fully saturated rings. The van der Waals surface area contributed by atoms with Crippen molar-refractivity contribution in [3.05, 3.63) is 65.2 Å². The zero-order valence-corrected chi connectivity index (χ0v) is 10.9. The van der Waals surface area contributed by atoms with Crippen LogP contribution in [0.15, 0.2) is 42.5 Å². The third kappa shape index (κ3) is 3.78. The van der Waals surface area contributed by atoms with Crippen LogP contribution in [0.4, 0.5) is 19.3 Å². The Morgan fingerprint density at radius 1 is 1.10 bits per heavy atom. The van der Waals surface area contributed by atoms with Gasteiger partial charge in [0.15, 0.2) is 0 Å². The molecule has 0 saturated heterocycles. The molecule has 0 aliphatic carbocycles. The first-order chi connectivity index (χ1) is 9.54. The molecule has 0 aliphatic rings. The Morgan fingerprint density at radius 3 is 2.45 bits per heavy atom. The fourth-order valence-corrected chi connectivity index (χ4v) is 1.65. The first-order valence-corrected chi connectivity index (χ1v) is 6.10. The van der Waals surface area contributed by atoms with Crippen LogP contribution in [-0.2, 0) is 6.54 Å². The van der Waals surface area contributed by atoms with Crippen LogP contribution in [-0.4, -0.2) is 6.03 Å². The normalized spacial score (nSPS) is 10.2. The third-order valence-corrected chi connectivity index (χ3v) is 2.75. The Hall–Kier alpha value is -2.43. The molecule has 0 bridgehead atoms. The van der Waals surface area contributed by atoms with Gasteiger partial charge < -0.3 is 10.6 Å². The second-order valence-electron chi connectivity index (χ2n) is 4.42. The summed E-state index contributed by atoms with van der Waals surface area (Å²) < 4.78 is 26.1. The molecule has 0 spiro atoms. The average molecular weight is 276 g/mol. The summed E-state index contributed by atoms with van der Waals surface area (Å²) in [5.74, 6) is -1.50. The van der Waals surface area contributed by atoms with Crippen LogP contribution in [0.5, 0.6) is 0 Å². The van der Waals surface area contributed by atoms with Crippen molar-refractivity contribution < 1.29 is 13.6 Å².